The van der Waals surface area contributed by atoms with Crippen LogP contribution >= 0.6 is 0 Å². The molecule has 0 radical (unpaired) electrons. The van der Waals surface area contributed by atoms with Gasteiger partial charge in [0.2, 0.25) is 0 Å². The van der Waals surface area contributed by atoms with E-state index in [-0.39, 0.29) is 0 Å². The SMILES string of the molecule is CCCc1nc(N)c(C)c(N(C)CCCN(C)C)n1. The number of nitrogen functional groups attached to an aromatic ring is 1. The Morgan fingerprint density at radius 3 is 2.37 bits per heavy atom. The Morgan fingerprint density at radius 2 is 1.79 bits per heavy atom. The summed E-state index contributed by atoms with van der Waals surface area (Å²) in [5.74, 6) is 2.42. The number of rotatable bonds is 7. The van der Waals surface area contributed by atoms with Crippen LogP contribution in [-0.4, -0.2) is 49.1 Å². The highest BCUT2D eigenvalue weighted by Crippen LogP contribution is 2.21. The molecule has 0 saturated heterocycles. The smallest absolute Gasteiger partial charge is 0.137 e. The fourth-order valence-electron chi connectivity index (χ4n) is 2.01. The van der Waals surface area contributed by atoms with Crippen molar-refractivity contribution in [2.75, 3.05) is 44.9 Å². The fourth-order valence-corrected chi connectivity index (χ4v) is 2.01. The van der Waals surface area contributed by atoms with E-state index in [1.165, 1.54) is 0 Å². The van der Waals surface area contributed by atoms with Crippen molar-refractivity contribution in [2.45, 2.75) is 33.1 Å². The highest BCUT2D eigenvalue weighted by molar-refractivity contribution is 5.56. The Morgan fingerprint density at radius 1 is 1.11 bits per heavy atom. The second kappa shape index (κ2) is 7.28. The number of anilines is 2. The molecule has 2 N–H and O–H groups in total. The van der Waals surface area contributed by atoms with Crippen LogP contribution in [0.4, 0.5) is 11.6 Å². The quantitative estimate of drug-likeness (QED) is 0.813. The summed E-state index contributed by atoms with van der Waals surface area (Å²) >= 11 is 0. The lowest BCUT2D eigenvalue weighted by molar-refractivity contribution is 0.401. The van der Waals surface area contributed by atoms with Crippen LogP contribution in [0.15, 0.2) is 0 Å². The molecule has 0 fully saturated rings. The van der Waals surface area contributed by atoms with E-state index in [0.29, 0.717) is 5.82 Å². The van der Waals surface area contributed by atoms with E-state index in [9.17, 15) is 0 Å². The van der Waals surface area contributed by atoms with Gasteiger partial charge in [0.25, 0.3) is 0 Å². The van der Waals surface area contributed by atoms with Gasteiger partial charge in [0.1, 0.15) is 17.5 Å². The van der Waals surface area contributed by atoms with Crippen molar-refractivity contribution in [1.29, 1.82) is 0 Å². The lowest BCUT2D eigenvalue weighted by Gasteiger charge is -2.22. The lowest BCUT2D eigenvalue weighted by Crippen LogP contribution is -2.25. The van der Waals surface area contributed by atoms with Crippen molar-refractivity contribution in [2.24, 2.45) is 0 Å². The summed E-state index contributed by atoms with van der Waals surface area (Å²) in [6.45, 7) is 6.16. The largest absolute Gasteiger partial charge is 0.383 e. The van der Waals surface area contributed by atoms with Gasteiger partial charge >= 0.3 is 0 Å². The van der Waals surface area contributed by atoms with Gasteiger partial charge in [-0.3, -0.25) is 0 Å². The fraction of sp³-hybridized carbons (Fsp3) is 0.714. The van der Waals surface area contributed by atoms with Crippen LogP contribution in [0.5, 0.6) is 0 Å². The first-order chi connectivity index (χ1) is 8.95. The maximum atomic E-state index is 5.98. The number of aryl methyl sites for hydroxylation is 1. The van der Waals surface area contributed by atoms with E-state index in [2.05, 4.69) is 47.8 Å². The third kappa shape index (κ3) is 4.67. The maximum Gasteiger partial charge on any atom is 0.137 e. The molecule has 0 saturated carbocycles. The number of aromatic nitrogens is 2. The minimum absolute atomic E-state index is 0.605. The molecule has 5 heteroatoms. The molecule has 0 bridgehead atoms. The molecular weight excluding hydrogens is 238 g/mol. The average molecular weight is 265 g/mol. The monoisotopic (exact) mass is 265 g/mol. The van der Waals surface area contributed by atoms with Crippen LogP contribution in [0.2, 0.25) is 0 Å². The van der Waals surface area contributed by atoms with Crippen molar-refractivity contribution >= 4 is 11.6 Å². The lowest BCUT2D eigenvalue weighted by atomic mass is 10.2. The number of nitrogens with zero attached hydrogens (tertiary/aromatic N) is 4. The number of nitrogens with two attached hydrogens (primary N) is 1. The van der Waals surface area contributed by atoms with Crippen molar-refractivity contribution in [3.63, 3.8) is 0 Å². The molecule has 0 atom stereocenters. The molecular formula is C14H27N5. The molecule has 0 aliphatic rings. The van der Waals surface area contributed by atoms with Crippen LogP contribution in [0.3, 0.4) is 0 Å². The minimum Gasteiger partial charge on any atom is -0.383 e. The molecule has 5 nitrogen and oxygen atoms in total. The number of hydrogen-bond acceptors (Lipinski definition) is 5. The second-order valence-electron chi connectivity index (χ2n) is 5.30. The van der Waals surface area contributed by atoms with E-state index < -0.39 is 0 Å². The van der Waals surface area contributed by atoms with Gasteiger partial charge in [-0.25, -0.2) is 9.97 Å². The summed E-state index contributed by atoms with van der Waals surface area (Å²) in [5.41, 5.74) is 6.96. The van der Waals surface area contributed by atoms with Crippen LogP contribution in [-0.2, 0) is 6.42 Å². The average Bonchev–Trinajstić information content (AvgIpc) is 2.33. The van der Waals surface area contributed by atoms with Crippen LogP contribution in [0.1, 0.15) is 31.2 Å². The zero-order valence-corrected chi connectivity index (χ0v) is 12.9. The second-order valence-corrected chi connectivity index (χ2v) is 5.30. The highest BCUT2D eigenvalue weighted by Gasteiger charge is 2.12. The summed E-state index contributed by atoms with van der Waals surface area (Å²) in [4.78, 5) is 13.4. The summed E-state index contributed by atoms with van der Waals surface area (Å²) < 4.78 is 0. The molecule has 1 heterocycles. The Kier molecular flexibility index (Phi) is 6.02. The topological polar surface area (TPSA) is 58.3 Å². The summed E-state index contributed by atoms with van der Waals surface area (Å²) in [7, 11) is 6.25. The standard InChI is InChI=1S/C14H27N5/c1-6-8-12-16-13(15)11(2)14(17-12)19(5)10-7-9-18(3)4/h6-10H2,1-5H3,(H2,15,16,17). The molecule has 1 aromatic heterocycles. The van der Waals surface area contributed by atoms with Crippen molar-refractivity contribution in [1.82, 2.24) is 14.9 Å². The van der Waals surface area contributed by atoms with Crippen molar-refractivity contribution in [3.8, 4) is 0 Å². The molecule has 108 valence electrons. The van der Waals surface area contributed by atoms with E-state index in [1.54, 1.807) is 0 Å². The predicted octanol–water partition coefficient (Wildman–Crippen LogP) is 1.71. The Labute approximate surface area is 116 Å². The minimum atomic E-state index is 0.605. The third-order valence-corrected chi connectivity index (χ3v) is 3.14. The molecule has 0 aliphatic carbocycles. The molecule has 0 spiro atoms. The van der Waals surface area contributed by atoms with E-state index >= 15 is 0 Å². The van der Waals surface area contributed by atoms with Gasteiger partial charge in [-0.2, -0.15) is 0 Å². The van der Waals surface area contributed by atoms with Gasteiger partial charge in [0.15, 0.2) is 0 Å². The highest BCUT2D eigenvalue weighted by atomic mass is 15.2. The molecule has 0 unspecified atom stereocenters. The summed E-state index contributed by atoms with van der Waals surface area (Å²) in [6, 6.07) is 0. The maximum absolute atomic E-state index is 5.98. The molecule has 0 amide bonds. The van der Waals surface area contributed by atoms with Crippen LogP contribution in [0.25, 0.3) is 0 Å². The predicted molar refractivity (Wildman–Crippen MR) is 81.6 cm³/mol. The van der Waals surface area contributed by atoms with Gasteiger partial charge in [-0.1, -0.05) is 6.92 Å². The first-order valence-electron chi connectivity index (χ1n) is 6.94. The Bertz CT molecular complexity index is 403. The molecule has 0 aromatic carbocycles. The van der Waals surface area contributed by atoms with Crippen molar-refractivity contribution in [3.05, 3.63) is 11.4 Å². The molecule has 19 heavy (non-hydrogen) atoms. The van der Waals surface area contributed by atoms with Crippen LogP contribution in [0, 0.1) is 6.92 Å². The third-order valence-electron chi connectivity index (χ3n) is 3.14. The Balaban J connectivity index is 2.79. The van der Waals surface area contributed by atoms with Crippen molar-refractivity contribution < 1.29 is 0 Å². The first kappa shape index (κ1) is 15.7. The van der Waals surface area contributed by atoms with Gasteiger partial charge < -0.3 is 15.5 Å². The van der Waals surface area contributed by atoms with Gasteiger partial charge in [0.05, 0.1) is 0 Å². The van der Waals surface area contributed by atoms with Gasteiger partial charge in [0, 0.05) is 25.6 Å². The zero-order valence-electron chi connectivity index (χ0n) is 12.9. The normalized spacial score (nSPS) is 11.1. The van der Waals surface area contributed by atoms with E-state index in [4.69, 9.17) is 5.73 Å². The summed E-state index contributed by atoms with van der Waals surface area (Å²) in [6.07, 6.45) is 3.02. The molecule has 1 aromatic rings. The zero-order chi connectivity index (χ0) is 14.4. The molecule has 0 aliphatic heterocycles. The van der Waals surface area contributed by atoms with Gasteiger partial charge in [-0.15, -0.1) is 0 Å². The molecule has 1 rings (SSSR count). The van der Waals surface area contributed by atoms with E-state index in [0.717, 1.165) is 49.6 Å². The van der Waals surface area contributed by atoms with E-state index in [1.807, 2.05) is 6.92 Å². The number of hydrogen-bond donors (Lipinski definition) is 1. The Hall–Kier alpha value is -1.36. The van der Waals surface area contributed by atoms with Gasteiger partial charge in [-0.05, 0) is 40.4 Å². The summed E-state index contributed by atoms with van der Waals surface area (Å²) in [5, 5.41) is 0. The first-order valence-corrected chi connectivity index (χ1v) is 6.94. The van der Waals surface area contributed by atoms with Crippen LogP contribution < -0.4 is 10.6 Å².